The first-order valence-corrected chi connectivity index (χ1v) is 8.16. The number of hydrogen-bond donors (Lipinski definition) is 1. The molecule has 1 aliphatic carbocycles. The van der Waals surface area contributed by atoms with E-state index in [0.29, 0.717) is 22.2 Å². The van der Waals surface area contributed by atoms with Crippen LogP contribution < -0.4 is 14.8 Å². The average molecular weight is 348 g/mol. The van der Waals surface area contributed by atoms with E-state index in [1.54, 1.807) is 25.4 Å². The minimum absolute atomic E-state index is 0.159. The number of carbonyl (C=O) groups excluding carboxylic acids is 1. The summed E-state index contributed by atoms with van der Waals surface area (Å²) >= 11 is 6.01. The predicted octanol–water partition coefficient (Wildman–Crippen LogP) is 3.71. The highest BCUT2D eigenvalue weighted by Crippen LogP contribution is 2.31. The number of nitrogens with zero attached hydrogens (tertiary/aromatic N) is 2. The second kappa shape index (κ2) is 7.49. The fourth-order valence-electron chi connectivity index (χ4n) is 2.64. The first-order valence-electron chi connectivity index (χ1n) is 7.79. The zero-order valence-corrected chi connectivity index (χ0v) is 14.0. The van der Waals surface area contributed by atoms with Crippen LogP contribution >= 0.6 is 11.6 Å². The lowest BCUT2D eigenvalue weighted by Gasteiger charge is -2.16. The highest BCUT2D eigenvalue weighted by Gasteiger charge is 2.20. The summed E-state index contributed by atoms with van der Waals surface area (Å²) in [4.78, 5) is 20.4. The Morgan fingerprint density at radius 1 is 1.29 bits per heavy atom. The molecule has 0 bridgehead atoms. The normalized spacial score (nSPS) is 14.4. The van der Waals surface area contributed by atoms with E-state index in [9.17, 15) is 4.79 Å². The van der Waals surface area contributed by atoms with Gasteiger partial charge in [0.25, 0.3) is 5.91 Å². The van der Waals surface area contributed by atoms with Gasteiger partial charge < -0.3 is 14.8 Å². The molecule has 2 heterocycles. The van der Waals surface area contributed by atoms with Gasteiger partial charge in [0.05, 0.1) is 30.1 Å². The molecule has 1 N–H and O–H groups in total. The molecule has 0 aliphatic heterocycles. The molecule has 0 radical (unpaired) electrons. The maximum Gasteiger partial charge on any atom is 0.274 e. The van der Waals surface area contributed by atoms with Crippen molar-refractivity contribution in [2.24, 2.45) is 0 Å². The first kappa shape index (κ1) is 16.5. The quantitative estimate of drug-likeness (QED) is 0.892. The highest BCUT2D eigenvalue weighted by atomic mass is 35.5. The summed E-state index contributed by atoms with van der Waals surface area (Å²) in [5, 5.41) is 3.08. The molecule has 7 heteroatoms. The molecular weight excluding hydrogens is 330 g/mol. The molecule has 1 fully saturated rings. The monoisotopic (exact) mass is 347 g/mol. The number of ether oxygens (including phenoxy) is 2. The molecule has 2 aromatic heterocycles. The first-order chi connectivity index (χ1) is 11.7. The summed E-state index contributed by atoms with van der Waals surface area (Å²) in [5.74, 6) is 0.674. The molecule has 0 aromatic carbocycles. The Bertz CT molecular complexity index is 733. The van der Waals surface area contributed by atoms with E-state index in [2.05, 4.69) is 15.3 Å². The number of halogens is 1. The van der Waals surface area contributed by atoms with Crippen LogP contribution in [0.1, 0.15) is 36.2 Å². The second-order valence-electron chi connectivity index (χ2n) is 5.55. The zero-order chi connectivity index (χ0) is 16.9. The zero-order valence-electron chi connectivity index (χ0n) is 13.3. The van der Waals surface area contributed by atoms with Crippen LogP contribution in [0, 0.1) is 0 Å². The number of amides is 1. The van der Waals surface area contributed by atoms with Crippen molar-refractivity contribution in [2.75, 3.05) is 12.4 Å². The average Bonchev–Trinajstić information content (AvgIpc) is 3.10. The number of carbonyl (C=O) groups is 1. The largest absolute Gasteiger partial charge is 0.491 e. The van der Waals surface area contributed by atoms with E-state index in [-0.39, 0.29) is 17.7 Å². The fraction of sp³-hybridized carbons (Fsp3) is 0.353. The number of nitrogens with one attached hydrogen (secondary N) is 1. The van der Waals surface area contributed by atoms with Crippen LogP contribution in [0.2, 0.25) is 5.02 Å². The smallest absolute Gasteiger partial charge is 0.274 e. The van der Waals surface area contributed by atoms with E-state index in [0.717, 1.165) is 25.7 Å². The van der Waals surface area contributed by atoms with E-state index in [1.807, 2.05) is 0 Å². The van der Waals surface area contributed by atoms with E-state index in [4.69, 9.17) is 21.1 Å². The highest BCUT2D eigenvalue weighted by molar-refractivity contribution is 6.33. The van der Waals surface area contributed by atoms with Gasteiger partial charge in [0.15, 0.2) is 11.5 Å². The summed E-state index contributed by atoms with van der Waals surface area (Å²) in [7, 11) is 1.55. The fourth-order valence-corrected chi connectivity index (χ4v) is 2.81. The molecule has 1 amide bonds. The van der Waals surface area contributed by atoms with E-state index >= 15 is 0 Å². The van der Waals surface area contributed by atoms with Gasteiger partial charge in [0.2, 0.25) is 0 Å². The molecule has 126 valence electrons. The minimum Gasteiger partial charge on any atom is -0.491 e. The minimum atomic E-state index is -0.373. The van der Waals surface area contributed by atoms with Gasteiger partial charge in [0.1, 0.15) is 5.69 Å². The molecule has 3 rings (SSSR count). The van der Waals surface area contributed by atoms with Crippen molar-refractivity contribution in [3.63, 3.8) is 0 Å². The van der Waals surface area contributed by atoms with Crippen LogP contribution in [0.15, 0.2) is 30.7 Å². The summed E-state index contributed by atoms with van der Waals surface area (Å²) < 4.78 is 11.3. The van der Waals surface area contributed by atoms with Crippen molar-refractivity contribution >= 4 is 23.2 Å². The number of rotatable bonds is 5. The molecule has 1 saturated carbocycles. The van der Waals surface area contributed by atoms with Gasteiger partial charge >= 0.3 is 0 Å². The van der Waals surface area contributed by atoms with Crippen molar-refractivity contribution in [3.05, 3.63) is 41.4 Å². The Morgan fingerprint density at radius 2 is 2.08 bits per heavy atom. The third-order valence-corrected chi connectivity index (χ3v) is 4.20. The molecule has 0 unspecified atom stereocenters. The van der Waals surface area contributed by atoms with Crippen molar-refractivity contribution in [2.45, 2.75) is 31.8 Å². The third-order valence-electron chi connectivity index (χ3n) is 3.90. The molecule has 0 spiro atoms. The number of methoxy groups -OCH3 is 1. The summed E-state index contributed by atoms with van der Waals surface area (Å²) in [6.45, 7) is 0. The molecule has 6 nitrogen and oxygen atoms in total. The Hall–Kier alpha value is -2.34. The Labute approximate surface area is 145 Å². The van der Waals surface area contributed by atoms with Crippen LogP contribution in [0.25, 0.3) is 0 Å². The number of hydrogen-bond acceptors (Lipinski definition) is 5. The van der Waals surface area contributed by atoms with Gasteiger partial charge in [-0.25, -0.2) is 4.98 Å². The Balaban J connectivity index is 1.79. The summed E-state index contributed by atoms with van der Waals surface area (Å²) in [6.07, 6.45) is 9.02. The van der Waals surface area contributed by atoms with Gasteiger partial charge in [-0.05, 0) is 31.7 Å². The predicted molar refractivity (Wildman–Crippen MR) is 90.9 cm³/mol. The van der Waals surface area contributed by atoms with Crippen LogP contribution in [-0.4, -0.2) is 29.1 Å². The van der Waals surface area contributed by atoms with Crippen molar-refractivity contribution < 1.29 is 14.3 Å². The number of pyridine rings is 2. The Morgan fingerprint density at radius 3 is 2.79 bits per heavy atom. The lowest BCUT2D eigenvalue weighted by atomic mass is 10.2. The molecule has 24 heavy (non-hydrogen) atoms. The Kier molecular flexibility index (Phi) is 5.15. The molecule has 1 aliphatic rings. The van der Waals surface area contributed by atoms with Crippen molar-refractivity contribution in [3.8, 4) is 11.5 Å². The standard InChI is InChI=1S/C17H18ClN3O3/c1-23-16-10-20-14(8-15(16)24-11-4-2-3-5-11)17(22)21-13-6-7-19-9-12(13)18/h6-11H,2-5H2,1H3,(H,19,21,22). The van der Waals surface area contributed by atoms with Gasteiger partial charge in [0, 0.05) is 18.5 Å². The van der Waals surface area contributed by atoms with Gasteiger partial charge in [-0.1, -0.05) is 11.6 Å². The van der Waals surface area contributed by atoms with Crippen molar-refractivity contribution in [1.82, 2.24) is 9.97 Å². The molecule has 0 atom stereocenters. The lowest BCUT2D eigenvalue weighted by molar-refractivity contribution is 0.102. The van der Waals surface area contributed by atoms with Gasteiger partial charge in [-0.15, -0.1) is 0 Å². The third kappa shape index (κ3) is 3.76. The van der Waals surface area contributed by atoms with Crippen LogP contribution in [-0.2, 0) is 0 Å². The van der Waals surface area contributed by atoms with E-state index in [1.165, 1.54) is 12.4 Å². The number of anilines is 1. The summed E-state index contributed by atoms with van der Waals surface area (Å²) in [5.41, 5.74) is 0.712. The second-order valence-corrected chi connectivity index (χ2v) is 5.96. The van der Waals surface area contributed by atoms with Gasteiger partial charge in [-0.3, -0.25) is 9.78 Å². The SMILES string of the molecule is COc1cnc(C(=O)Nc2ccncc2Cl)cc1OC1CCCC1. The van der Waals surface area contributed by atoms with Gasteiger partial charge in [-0.2, -0.15) is 0 Å². The maximum atomic E-state index is 12.4. The molecule has 2 aromatic rings. The lowest BCUT2D eigenvalue weighted by Crippen LogP contribution is -2.16. The van der Waals surface area contributed by atoms with Crippen LogP contribution in [0.3, 0.4) is 0 Å². The molecule has 0 saturated heterocycles. The van der Waals surface area contributed by atoms with Crippen LogP contribution in [0.5, 0.6) is 11.5 Å². The van der Waals surface area contributed by atoms with Crippen molar-refractivity contribution in [1.29, 1.82) is 0 Å². The summed E-state index contributed by atoms with van der Waals surface area (Å²) in [6, 6.07) is 3.22. The maximum absolute atomic E-state index is 12.4. The van der Waals surface area contributed by atoms with E-state index < -0.39 is 0 Å². The topological polar surface area (TPSA) is 73.3 Å². The van der Waals surface area contributed by atoms with Crippen LogP contribution in [0.4, 0.5) is 5.69 Å². The molecular formula is C17H18ClN3O3. The number of aromatic nitrogens is 2.